The molecule has 0 atom stereocenters. The molecule has 1 N–H and O–H groups in total. The lowest BCUT2D eigenvalue weighted by Crippen LogP contribution is -2.52. The zero-order valence-electron chi connectivity index (χ0n) is 16.1. The Morgan fingerprint density at radius 2 is 1.92 bits per heavy atom. The molecule has 4 saturated carbocycles. The molecule has 0 saturated heterocycles. The van der Waals surface area contributed by atoms with E-state index in [-0.39, 0.29) is 12.5 Å². The van der Waals surface area contributed by atoms with Crippen LogP contribution in [0.15, 0.2) is 12.4 Å². The third kappa shape index (κ3) is 3.55. The van der Waals surface area contributed by atoms with E-state index in [1.807, 2.05) is 17.3 Å². The predicted molar refractivity (Wildman–Crippen MR) is 100 cm³/mol. The van der Waals surface area contributed by atoms with Gasteiger partial charge in [0, 0.05) is 44.9 Å². The Labute approximate surface area is 156 Å². The van der Waals surface area contributed by atoms with E-state index in [1.54, 1.807) is 0 Å². The molecule has 5 heteroatoms. The second kappa shape index (κ2) is 7.34. The van der Waals surface area contributed by atoms with Gasteiger partial charge < -0.3 is 14.6 Å². The molecule has 4 aliphatic carbocycles. The Balaban J connectivity index is 1.40. The summed E-state index contributed by atoms with van der Waals surface area (Å²) in [7, 11) is 0. The normalized spacial score (nSPS) is 32.2. The monoisotopic (exact) mass is 359 g/mol. The largest absolute Gasteiger partial charge is 0.395 e. The summed E-state index contributed by atoms with van der Waals surface area (Å²) < 4.78 is 2.08. The quantitative estimate of drug-likeness (QED) is 0.776. The van der Waals surface area contributed by atoms with Gasteiger partial charge >= 0.3 is 0 Å². The summed E-state index contributed by atoms with van der Waals surface area (Å²) in [6.45, 7) is 4.17. The maximum atomic E-state index is 12.9. The van der Waals surface area contributed by atoms with Crippen LogP contribution in [-0.2, 0) is 17.8 Å². The first-order valence-corrected chi connectivity index (χ1v) is 10.5. The van der Waals surface area contributed by atoms with Gasteiger partial charge in [-0.15, -0.1) is 0 Å². The molecule has 5 rings (SSSR count). The highest BCUT2D eigenvalue weighted by Crippen LogP contribution is 2.60. The summed E-state index contributed by atoms with van der Waals surface area (Å²) in [5, 5.41) is 9.52. The maximum Gasteiger partial charge on any atom is 0.224 e. The van der Waals surface area contributed by atoms with E-state index in [9.17, 15) is 9.90 Å². The zero-order valence-corrected chi connectivity index (χ0v) is 16.1. The Morgan fingerprint density at radius 3 is 2.50 bits per heavy atom. The van der Waals surface area contributed by atoms with Crippen LogP contribution in [0.4, 0.5) is 0 Å². The molecule has 0 spiro atoms. The first-order valence-electron chi connectivity index (χ1n) is 10.5. The lowest BCUT2D eigenvalue weighted by Gasteiger charge is -2.57. The molecule has 1 amide bonds. The van der Waals surface area contributed by atoms with E-state index in [0.29, 0.717) is 24.9 Å². The summed E-state index contributed by atoms with van der Waals surface area (Å²) in [5.74, 6) is 3.90. The predicted octanol–water partition coefficient (Wildman–Crippen LogP) is 2.87. The number of aliphatic hydroxyl groups is 1. The number of imidazole rings is 1. The molecule has 1 heterocycles. The first-order chi connectivity index (χ1) is 12.6. The van der Waals surface area contributed by atoms with Gasteiger partial charge in [-0.3, -0.25) is 4.79 Å². The maximum absolute atomic E-state index is 12.9. The van der Waals surface area contributed by atoms with Gasteiger partial charge in [-0.05, 0) is 61.7 Å². The van der Waals surface area contributed by atoms with Gasteiger partial charge in [-0.25, -0.2) is 4.98 Å². The number of rotatable bonds is 8. The third-order valence-corrected chi connectivity index (χ3v) is 7.10. The van der Waals surface area contributed by atoms with Crippen LogP contribution in [-0.4, -0.2) is 45.2 Å². The van der Waals surface area contributed by atoms with E-state index in [1.165, 1.54) is 38.5 Å². The van der Waals surface area contributed by atoms with Crippen molar-refractivity contribution in [3.8, 4) is 0 Å². The molecule has 0 unspecified atom stereocenters. The van der Waals surface area contributed by atoms with Gasteiger partial charge in [0.2, 0.25) is 5.91 Å². The Kier molecular flexibility index (Phi) is 5.09. The Bertz CT molecular complexity index is 604. The fourth-order valence-corrected chi connectivity index (χ4v) is 6.53. The van der Waals surface area contributed by atoms with Gasteiger partial charge in [0.05, 0.1) is 6.61 Å². The van der Waals surface area contributed by atoms with Crippen molar-refractivity contribution < 1.29 is 9.90 Å². The van der Waals surface area contributed by atoms with Crippen molar-refractivity contribution in [2.45, 2.75) is 64.8 Å². The number of aromatic nitrogens is 2. The minimum absolute atomic E-state index is 0.0589. The second-order valence-corrected chi connectivity index (χ2v) is 9.10. The van der Waals surface area contributed by atoms with Crippen molar-refractivity contribution in [3.63, 3.8) is 0 Å². The molecule has 0 aromatic carbocycles. The fourth-order valence-electron chi connectivity index (χ4n) is 6.53. The topological polar surface area (TPSA) is 58.4 Å². The molecule has 0 radical (unpaired) electrons. The Hall–Kier alpha value is -1.36. The smallest absolute Gasteiger partial charge is 0.224 e. The number of nitrogens with zero attached hydrogens (tertiary/aromatic N) is 3. The highest BCUT2D eigenvalue weighted by Gasteiger charge is 2.51. The molecule has 4 bridgehead atoms. The van der Waals surface area contributed by atoms with E-state index in [4.69, 9.17) is 0 Å². The number of hydrogen-bond donors (Lipinski definition) is 1. The van der Waals surface area contributed by atoms with Crippen molar-refractivity contribution in [2.75, 3.05) is 19.7 Å². The van der Waals surface area contributed by atoms with Crippen LogP contribution in [0.1, 0.15) is 57.7 Å². The molecule has 26 heavy (non-hydrogen) atoms. The molecular formula is C21H33N3O2. The number of amides is 1. The van der Waals surface area contributed by atoms with Crippen molar-refractivity contribution in [1.29, 1.82) is 0 Å². The van der Waals surface area contributed by atoms with Crippen LogP contribution in [0.2, 0.25) is 0 Å². The number of hydrogen-bond acceptors (Lipinski definition) is 3. The molecule has 4 aliphatic rings. The van der Waals surface area contributed by atoms with Crippen LogP contribution in [0.3, 0.4) is 0 Å². The highest BCUT2D eigenvalue weighted by atomic mass is 16.3. The lowest BCUT2D eigenvalue weighted by molar-refractivity contribution is -0.138. The Morgan fingerprint density at radius 1 is 1.27 bits per heavy atom. The van der Waals surface area contributed by atoms with Crippen LogP contribution < -0.4 is 0 Å². The van der Waals surface area contributed by atoms with E-state index in [2.05, 4.69) is 16.5 Å². The van der Waals surface area contributed by atoms with Crippen LogP contribution >= 0.6 is 0 Å². The van der Waals surface area contributed by atoms with Crippen molar-refractivity contribution in [1.82, 2.24) is 14.5 Å². The average Bonchev–Trinajstić information content (AvgIpc) is 3.05. The lowest BCUT2D eigenvalue weighted by atomic mass is 9.49. The van der Waals surface area contributed by atoms with Crippen LogP contribution in [0, 0.1) is 23.2 Å². The molecule has 4 fully saturated rings. The van der Waals surface area contributed by atoms with Gasteiger partial charge in [0.1, 0.15) is 5.82 Å². The van der Waals surface area contributed by atoms with Crippen molar-refractivity contribution in [2.24, 2.45) is 23.2 Å². The van der Waals surface area contributed by atoms with E-state index in [0.717, 1.165) is 36.5 Å². The zero-order chi connectivity index (χ0) is 18.1. The average molecular weight is 360 g/mol. The summed E-state index contributed by atoms with van der Waals surface area (Å²) in [4.78, 5) is 19.2. The molecule has 0 aliphatic heterocycles. The van der Waals surface area contributed by atoms with Gasteiger partial charge in [-0.1, -0.05) is 6.92 Å². The fraction of sp³-hybridized carbons (Fsp3) is 0.810. The summed E-state index contributed by atoms with van der Waals surface area (Å²) in [5.41, 5.74) is 0.336. The molecule has 1 aromatic heterocycles. The number of carbonyl (C=O) groups excluding carboxylic acids is 1. The molecule has 1 aromatic rings. The minimum atomic E-state index is 0.0589. The number of aliphatic hydroxyl groups excluding tert-OH is 1. The first kappa shape index (κ1) is 18.0. The van der Waals surface area contributed by atoms with E-state index >= 15 is 0 Å². The SMILES string of the molecule is CCc1nccn1CCC(=O)N(CCO)CC12CC3CC(CC(C3)C1)C2. The molecule has 5 nitrogen and oxygen atoms in total. The second-order valence-electron chi connectivity index (χ2n) is 9.10. The molecular weight excluding hydrogens is 326 g/mol. The minimum Gasteiger partial charge on any atom is -0.395 e. The summed E-state index contributed by atoms with van der Waals surface area (Å²) in [6, 6.07) is 0. The van der Waals surface area contributed by atoms with Crippen molar-refractivity contribution >= 4 is 5.91 Å². The summed E-state index contributed by atoms with van der Waals surface area (Å²) in [6.07, 6.45) is 13.3. The van der Waals surface area contributed by atoms with Gasteiger partial charge in [0.25, 0.3) is 0 Å². The summed E-state index contributed by atoms with van der Waals surface area (Å²) >= 11 is 0. The molecule has 144 valence electrons. The number of carbonyl (C=O) groups is 1. The third-order valence-electron chi connectivity index (χ3n) is 7.10. The number of aryl methyl sites for hydroxylation is 2. The van der Waals surface area contributed by atoms with Gasteiger partial charge in [-0.2, -0.15) is 0 Å². The van der Waals surface area contributed by atoms with E-state index < -0.39 is 0 Å². The highest BCUT2D eigenvalue weighted by molar-refractivity contribution is 5.76. The van der Waals surface area contributed by atoms with Crippen molar-refractivity contribution in [3.05, 3.63) is 18.2 Å². The standard InChI is InChI=1S/C21H33N3O2/c1-2-19-22-4-6-23(19)5-3-20(26)24(7-8-25)15-21-12-16-9-17(13-21)11-18(10-16)14-21/h4,6,16-18,25H,2-3,5,7-15H2,1H3. The van der Waals surface area contributed by atoms with Crippen LogP contribution in [0.5, 0.6) is 0 Å². The van der Waals surface area contributed by atoms with Gasteiger partial charge in [0.15, 0.2) is 0 Å². The van der Waals surface area contributed by atoms with Crippen LogP contribution in [0.25, 0.3) is 0 Å².